The van der Waals surface area contributed by atoms with Gasteiger partial charge in [-0.2, -0.15) is 26.3 Å². The summed E-state index contributed by atoms with van der Waals surface area (Å²) in [5.41, 5.74) is -6.17. The van der Waals surface area contributed by atoms with E-state index in [1.807, 2.05) is 0 Å². The van der Waals surface area contributed by atoms with Gasteiger partial charge in [-0.05, 0) is 50.2 Å². The first kappa shape index (κ1) is 29.5. The molecule has 0 bridgehead atoms. The minimum atomic E-state index is -5.17. The van der Waals surface area contributed by atoms with Crippen LogP contribution in [-0.2, 0) is 21.6 Å². The molecule has 0 amide bonds. The molecule has 0 heterocycles. The third-order valence-corrected chi connectivity index (χ3v) is 5.91. The van der Waals surface area contributed by atoms with Crippen LogP contribution in [0.4, 0.5) is 26.3 Å². The van der Waals surface area contributed by atoms with Crippen LogP contribution in [0.25, 0.3) is 0 Å². The van der Waals surface area contributed by atoms with Gasteiger partial charge in [0.05, 0.1) is 30.9 Å². The molecule has 0 saturated heterocycles. The molecule has 0 spiro atoms. The molecule has 1 radical (unpaired) electrons. The maximum Gasteiger partial charge on any atom is 0.417 e. The Bertz CT molecular complexity index is 871. The van der Waals surface area contributed by atoms with Crippen molar-refractivity contribution in [1.82, 2.24) is 0 Å². The van der Waals surface area contributed by atoms with Gasteiger partial charge in [-0.25, -0.2) is 0 Å². The van der Waals surface area contributed by atoms with E-state index in [0.29, 0.717) is 37.2 Å². The summed E-state index contributed by atoms with van der Waals surface area (Å²) in [6.45, 7) is 3.96. The maximum atomic E-state index is 13.5. The number of alkyl halides is 6. The Labute approximate surface area is 200 Å². The first-order valence-electron chi connectivity index (χ1n) is 9.56. The summed E-state index contributed by atoms with van der Waals surface area (Å²) in [4.78, 5) is 13.2. The van der Waals surface area contributed by atoms with Crippen LogP contribution < -0.4 is 10.0 Å². The van der Waals surface area contributed by atoms with Gasteiger partial charge in [0.25, 0.3) is 0 Å². The number of halogens is 6. The number of hydrogen-bond donors (Lipinski definition) is 0. The standard InChI is InChI=1S/C21H21F6O4P.Li/c1-3-29-12-13-31-32(15-10-8-14(9-11-15)30-4-2)19(28)18-16(20(22,23)24)6-5-7-17(18)21(25,26)27;/h5-11H,3-4,12-13H2,1-2H3;. The van der Waals surface area contributed by atoms with Crippen molar-refractivity contribution in [3.8, 4) is 5.75 Å². The monoisotopic (exact) mass is 489 g/mol. The molecule has 0 aliphatic carbocycles. The Morgan fingerprint density at radius 3 is 1.85 bits per heavy atom. The topological polar surface area (TPSA) is 44.8 Å². The van der Waals surface area contributed by atoms with Crippen molar-refractivity contribution in [2.45, 2.75) is 26.2 Å². The summed E-state index contributed by atoms with van der Waals surface area (Å²) in [7, 11) is -2.53. The van der Waals surface area contributed by atoms with Crippen LogP contribution in [0.3, 0.4) is 0 Å². The molecule has 33 heavy (non-hydrogen) atoms. The zero-order valence-corrected chi connectivity index (χ0v) is 19.1. The Morgan fingerprint density at radius 2 is 1.39 bits per heavy atom. The second kappa shape index (κ2) is 12.8. The van der Waals surface area contributed by atoms with E-state index in [0.717, 1.165) is 0 Å². The van der Waals surface area contributed by atoms with Gasteiger partial charge in [0, 0.05) is 36.3 Å². The van der Waals surface area contributed by atoms with E-state index in [-0.39, 0.29) is 37.4 Å². The van der Waals surface area contributed by atoms with Crippen LogP contribution in [0.15, 0.2) is 42.5 Å². The maximum absolute atomic E-state index is 13.5. The van der Waals surface area contributed by atoms with Gasteiger partial charge in [-0.1, -0.05) is 6.07 Å². The Hall–Kier alpha value is -1.56. The van der Waals surface area contributed by atoms with Gasteiger partial charge < -0.3 is 14.0 Å². The molecule has 2 aromatic carbocycles. The van der Waals surface area contributed by atoms with Crippen LogP contribution in [0.2, 0.25) is 0 Å². The molecule has 0 N–H and O–H groups in total. The van der Waals surface area contributed by atoms with Crippen molar-refractivity contribution in [3.63, 3.8) is 0 Å². The fraction of sp³-hybridized carbons (Fsp3) is 0.381. The fourth-order valence-corrected chi connectivity index (χ4v) is 4.41. The van der Waals surface area contributed by atoms with Crippen molar-refractivity contribution >= 4 is 37.8 Å². The van der Waals surface area contributed by atoms with Gasteiger partial charge in [0.15, 0.2) is 0 Å². The number of ether oxygens (including phenoxy) is 2. The number of rotatable bonds is 10. The van der Waals surface area contributed by atoms with Crippen molar-refractivity contribution in [3.05, 3.63) is 59.2 Å². The quantitative estimate of drug-likeness (QED) is 0.187. The number of hydrogen-bond acceptors (Lipinski definition) is 4. The minimum Gasteiger partial charge on any atom is -0.494 e. The first-order valence-corrected chi connectivity index (χ1v) is 10.8. The predicted octanol–water partition coefficient (Wildman–Crippen LogP) is 5.66. The number of benzene rings is 2. The van der Waals surface area contributed by atoms with Crippen LogP contribution in [-0.4, -0.2) is 50.8 Å². The van der Waals surface area contributed by atoms with Gasteiger partial charge in [-0.15, -0.1) is 0 Å². The zero-order valence-electron chi connectivity index (χ0n) is 18.2. The molecule has 0 aliphatic rings. The second-order valence-corrected chi connectivity index (χ2v) is 8.05. The third kappa shape index (κ3) is 8.01. The van der Waals surface area contributed by atoms with Gasteiger partial charge in [0.1, 0.15) is 13.9 Å². The molecule has 1 unspecified atom stereocenters. The Balaban J connectivity index is 0.00000544. The molecule has 0 aromatic heterocycles. The summed E-state index contributed by atoms with van der Waals surface area (Å²) in [6, 6.07) is 7.24. The van der Waals surface area contributed by atoms with E-state index in [1.54, 1.807) is 13.8 Å². The van der Waals surface area contributed by atoms with Crippen molar-refractivity contribution in [2.24, 2.45) is 0 Å². The third-order valence-electron chi connectivity index (χ3n) is 4.11. The summed E-state index contributed by atoms with van der Waals surface area (Å²) in [5, 5.41) is 0.148. The zero-order chi connectivity index (χ0) is 23.9. The molecule has 4 nitrogen and oxygen atoms in total. The largest absolute Gasteiger partial charge is 0.494 e. The Kier molecular flexibility index (Phi) is 11.4. The molecule has 2 aromatic rings. The van der Waals surface area contributed by atoms with Crippen molar-refractivity contribution in [1.29, 1.82) is 0 Å². The van der Waals surface area contributed by atoms with Gasteiger partial charge >= 0.3 is 12.4 Å². The van der Waals surface area contributed by atoms with E-state index in [4.69, 9.17) is 14.0 Å². The van der Waals surface area contributed by atoms with Crippen LogP contribution >= 0.6 is 8.15 Å². The van der Waals surface area contributed by atoms with Gasteiger partial charge in [-0.3, -0.25) is 4.79 Å². The fourth-order valence-electron chi connectivity index (χ4n) is 2.78. The second-order valence-electron chi connectivity index (χ2n) is 6.28. The molecule has 1 atom stereocenters. The average Bonchev–Trinajstić information content (AvgIpc) is 2.72. The van der Waals surface area contributed by atoms with Crippen molar-refractivity contribution in [2.75, 3.05) is 26.4 Å². The SMILES string of the molecule is CCOCCOP(C(=O)c1c(C(F)(F)F)cccc1C(F)(F)F)c1ccc(OCC)cc1.[Li]. The minimum absolute atomic E-state index is 0. The van der Waals surface area contributed by atoms with Gasteiger partial charge in [0.2, 0.25) is 5.52 Å². The molecular formula is C21H21F6LiO4P. The molecule has 2 rings (SSSR count). The van der Waals surface area contributed by atoms with Crippen molar-refractivity contribution < 1.29 is 45.1 Å². The summed E-state index contributed by atoms with van der Waals surface area (Å²) in [6.07, 6.45) is -10.3. The van der Waals surface area contributed by atoms with Crippen LogP contribution in [0.1, 0.15) is 35.3 Å². The van der Waals surface area contributed by atoms with E-state index in [2.05, 4.69) is 0 Å². The molecule has 0 fully saturated rings. The summed E-state index contributed by atoms with van der Waals surface area (Å²) >= 11 is 0. The smallest absolute Gasteiger partial charge is 0.417 e. The molecule has 12 heteroatoms. The Morgan fingerprint density at radius 1 is 0.848 bits per heavy atom. The molecule has 177 valence electrons. The van der Waals surface area contributed by atoms with E-state index < -0.39 is 42.7 Å². The number of carbonyl (C=O) groups is 1. The summed E-state index contributed by atoms with van der Waals surface area (Å²) in [5.74, 6) is 0.430. The van der Waals surface area contributed by atoms with Crippen LogP contribution in [0, 0.1) is 0 Å². The van der Waals surface area contributed by atoms with E-state index >= 15 is 0 Å². The first-order chi connectivity index (χ1) is 15.0. The average molecular weight is 489 g/mol. The molecule has 0 saturated carbocycles. The molecular weight excluding hydrogens is 468 g/mol. The van der Waals surface area contributed by atoms with Crippen LogP contribution in [0.5, 0.6) is 5.75 Å². The number of carbonyl (C=O) groups excluding carboxylic acids is 1. The summed E-state index contributed by atoms with van der Waals surface area (Å²) < 4.78 is 97.2. The van der Waals surface area contributed by atoms with E-state index in [1.165, 1.54) is 24.3 Å². The molecule has 0 aliphatic heterocycles. The predicted molar refractivity (Wildman–Crippen MR) is 113 cm³/mol. The van der Waals surface area contributed by atoms with E-state index in [9.17, 15) is 31.1 Å². The normalized spacial score (nSPS) is 12.7.